The molecule has 1 nitrogen and oxygen atoms in total. The van der Waals surface area contributed by atoms with Crippen molar-refractivity contribution < 1.29 is 8.78 Å². The minimum atomic E-state index is -0.282. The van der Waals surface area contributed by atoms with Gasteiger partial charge in [-0.15, -0.1) is 0 Å². The van der Waals surface area contributed by atoms with Gasteiger partial charge in [0.25, 0.3) is 0 Å². The molecule has 0 saturated heterocycles. The molecule has 1 aliphatic carbocycles. The second kappa shape index (κ2) is 5.17. The standard InChI is InChI=1S/C16H14BrF2N/c1-9-6-13(17)14(19)8-16(9)20-15-5-2-10-7-11(18)3-4-12(10)15/h3-4,6-8,15,20H,2,5H2,1H3. The van der Waals surface area contributed by atoms with Crippen molar-refractivity contribution in [3.8, 4) is 0 Å². The first-order chi connectivity index (χ1) is 9.54. The van der Waals surface area contributed by atoms with Crippen LogP contribution in [-0.4, -0.2) is 0 Å². The molecule has 0 amide bonds. The van der Waals surface area contributed by atoms with Crippen LogP contribution in [0.4, 0.5) is 14.5 Å². The molecule has 20 heavy (non-hydrogen) atoms. The Balaban J connectivity index is 1.89. The van der Waals surface area contributed by atoms with Gasteiger partial charge in [0, 0.05) is 5.69 Å². The van der Waals surface area contributed by atoms with Gasteiger partial charge in [-0.3, -0.25) is 0 Å². The van der Waals surface area contributed by atoms with E-state index < -0.39 is 0 Å². The van der Waals surface area contributed by atoms with Gasteiger partial charge in [-0.05, 0) is 76.7 Å². The molecule has 1 atom stereocenters. The largest absolute Gasteiger partial charge is 0.378 e. The van der Waals surface area contributed by atoms with Crippen LogP contribution in [0.3, 0.4) is 0 Å². The average molecular weight is 338 g/mol. The van der Waals surface area contributed by atoms with Crippen LogP contribution in [0.5, 0.6) is 0 Å². The molecule has 2 aromatic rings. The maximum atomic E-state index is 13.6. The molecule has 104 valence electrons. The lowest BCUT2D eigenvalue weighted by Crippen LogP contribution is -2.08. The molecule has 0 aliphatic heterocycles. The summed E-state index contributed by atoms with van der Waals surface area (Å²) in [5.41, 5.74) is 3.91. The van der Waals surface area contributed by atoms with Gasteiger partial charge in [-0.2, -0.15) is 0 Å². The zero-order valence-corrected chi connectivity index (χ0v) is 12.6. The molecule has 1 N–H and O–H groups in total. The van der Waals surface area contributed by atoms with E-state index in [1.807, 2.05) is 13.0 Å². The Morgan fingerprint density at radius 1 is 1.20 bits per heavy atom. The summed E-state index contributed by atoms with van der Waals surface area (Å²) in [7, 11) is 0. The van der Waals surface area contributed by atoms with Crippen LogP contribution in [-0.2, 0) is 6.42 Å². The Hall–Kier alpha value is -1.42. The fraction of sp³-hybridized carbons (Fsp3) is 0.250. The molecule has 1 unspecified atom stereocenters. The van der Waals surface area contributed by atoms with Crippen molar-refractivity contribution in [3.63, 3.8) is 0 Å². The maximum Gasteiger partial charge on any atom is 0.139 e. The lowest BCUT2D eigenvalue weighted by molar-refractivity contribution is 0.620. The van der Waals surface area contributed by atoms with Crippen LogP contribution in [0.1, 0.15) is 29.2 Å². The third-order valence-electron chi connectivity index (χ3n) is 3.78. The topological polar surface area (TPSA) is 12.0 Å². The van der Waals surface area contributed by atoms with E-state index in [0.717, 1.165) is 35.2 Å². The fourth-order valence-electron chi connectivity index (χ4n) is 2.73. The van der Waals surface area contributed by atoms with Gasteiger partial charge in [-0.25, -0.2) is 8.78 Å². The Kier molecular flexibility index (Phi) is 3.50. The van der Waals surface area contributed by atoms with Crippen LogP contribution in [0.15, 0.2) is 34.8 Å². The molecule has 2 aromatic carbocycles. The Labute approximate surface area is 125 Å². The third kappa shape index (κ3) is 2.44. The summed E-state index contributed by atoms with van der Waals surface area (Å²) in [6, 6.07) is 8.27. The molecule has 0 spiro atoms. The number of halogens is 3. The summed E-state index contributed by atoms with van der Waals surface area (Å²) in [4.78, 5) is 0. The Morgan fingerprint density at radius 2 is 2.00 bits per heavy atom. The van der Waals surface area contributed by atoms with E-state index in [9.17, 15) is 8.78 Å². The summed E-state index contributed by atoms with van der Waals surface area (Å²) in [5, 5.41) is 3.37. The van der Waals surface area contributed by atoms with Gasteiger partial charge in [-0.1, -0.05) is 6.07 Å². The number of rotatable bonds is 2. The minimum Gasteiger partial charge on any atom is -0.378 e. The third-order valence-corrected chi connectivity index (χ3v) is 4.39. The number of hydrogen-bond donors (Lipinski definition) is 1. The first-order valence-electron chi connectivity index (χ1n) is 6.55. The monoisotopic (exact) mass is 337 g/mol. The normalized spacial score (nSPS) is 17.1. The fourth-order valence-corrected chi connectivity index (χ4v) is 3.18. The predicted octanol–water partition coefficient (Wildman–Crippen LogP) is 5.14. The second-order valence-corrected chi connectivity index (χ2v) is 6.01. The molecular formula is C16H14BrF2N. The molecule has 0 radical (unpaired) electrons. The molecule has 0 bridgehead atoms. The van der Waals surface area contributed by atoms with Crippen molar-refractivity contribution in [1.29, 1.82) is 0 Å². The molecule has 1 aliphatic rings. The SMILES string of the molecule is Cc1cc(Br)c(F)cc1NC1CCc2cc(F)ccc21. The minimum absolute atomic E-state index is 0.116. The van der Waals surface area contributed by atoms with Crippen LogP contribution in [0.25, 0.3) is 0 Å². The summed E-state index contributed by atoms with van der Waals surface area (Å²) < 4.78 is 27.3. The lowest BCUT2D eigenvalue weighted by Gasteiger charge is -2.18. The van der Waals surface area contributed by atoms with Gasteiger partial charge in [0.15, 0.2) is 0 Å². The number of fused-ring (bicyclic) bond motifs is 1. The highest BCUT2D eigenvalue weighted by Gasteiger charge is 2.23. The van der Waals surface area contributed by atoms with Crippen molar-refractivity contribution in [2.75, 3.05) is 5.32 Å². The highest BCUT2D eigenvalue weighted by Crippen LogP contribution is 2.35. The van der Waals surface area contributed by atoms with E-state index in [0.29, 0.717) is 4.47 Å². The van der Waals surface area contributed by atoms with Crippen LogP contribution in [0.2, 0.25) is 0 Å². The van der Waals surface area contributed by atoms with Gasteiger partial charge in [0.1, 0.15) is 11.6 Å². The summed E-state index contributed by atoms with van der Waals surface area (Å²) >= 11 is 3.18. The quantitative estimate of drug-likeness (QED) is 0.800. The predicted molar refractivity (Wildman–Crippen MR) is 79.9 cm³/mol. The first kappa shape index (κ1) is 13.6. The van der Waals surface area contributed by atoms with E-state index in [1.54, 1.807) is 12.1 Å². The van der Waals surface area contributed by atoms with E-state index >= 15 is 0 Å². The van der Waals surface area contributed by atoms with E-state index in [-0.39, 0.29) is 17.7 Å². The molecular weight excluding hydrogens is 324 g/mol. The van der Waals surface area contributed by atoms with Crippen molar-refractivity contribution >= 4 is 21.6 Å². The molecule has 0 fully saturated rings. The summed E-state index contributed by atoms with van der Waals surface area (Å²) in [6.45, 7) is 1.94. The van der Waals surface area contributed by atoms with Gasteiger partial charge >= 0.3 is 0 Å². The van der Waals surface area contributed by atoms with E-state index in [4.69, 9.17) is 0 Å². The Bertz CT molecular complexity index is 670. The van der Waals surface area contributed by atoms with Crippen molar-refractivity contribution in [3.05, 3.63) is 63.1 Å². The maximum absolute atomic E-state index is 13.6. The van der Waals surface area contributed by atoms with Crippen LogP contribution >= 0.6 is 15.9 Å². The number of anilines is 1. The van der Waals surface area contributed by atoms with E-state index in [1.165, 1.54) is 12.1 Å². The van der Waals surface area contributed by atoms with Gasteiger partial charge in [0.2, 0.25) is 0 Å². The summed E-state index contributed by atoms with van der Waals surface area (Å²) in [5.74, 6) is -0.481. The molecule has 0 saturated carbocycles. The highest BCUT2D eigenvalue weighted by molar-refractivity contribution is 9.10. The van der Waals surface area contributed by atoms with Gasteiger partial charge in [0.05, 0.1) is 10.5 Å². The molecule has 3 rings (SSSR count). The number of benzene rings is 2. The zero-order chi connectivity index (χ0) is 14.3. The molecule has 4 heteroatoms. The van der Waals surface area contributed by atoms with Crippen molar-refractivity contribution in [1.82, 2.24) is 0 Å². The van der Waals surface area contributed by atoms with Gasteiger partial charge < -0.3 is 5.32 Å². The highest BCUT2D eigenvalue weighted by atomic mass is 79.9. The zero-order valence-electron chi connectivity index (χ0n) is 11.0. The van der Waals surface area contributed by atoms with Crippen molar-refractivity contribution in [2.24, 2.45) is 0 Å². The van der Waals surface area contributed by atoms with Crippen molar-refractivity contribution in [2.45, 2.75) is 25.8 Å². The second-order valence-electron chi connectivity index (χ2n) is 5.16. The average Bonchev–Trinajstić information content (AvgIpc) is 2.78. The number of nitrogens with one attached hydrogen (secondary N) is 1. The lowest BCUT2D eigenvalue weighted by atomic mass is 10.1. The van der Waals surface area contributed by atoms with Crippen LogP contribution in [0, 0.1) is 18.6 Å². The molecule has 0 heterocycles. The molecule has 0 aromatic heterocycles. The Morgan fingerprint density at radius 3 is 2.80 bits per heavy atom. The number of aryl methyl sites for hydroxylation is 2. The summed E-state index contributed by atoms with van der Waals surface area (Å²) in [6.07, 6.45) is 1.75. The van der Waals surface area contributed by atoms with E-state index in [2.05, 4.69) is 21.2 Å². The smallest absolute Gasteiger partial charge is 0.139 e. The first-order valence-corrected chi connectivity index (χ1v) is 7.34. The number of hydrogen-bond acceptors (Lipinski definition) is 1. The van der Waals surface area contributed by atoms with Crippen LogP contribution < -0.4 is 5.32 Å².